The molecule has 10 heteroatoms. The Bertz CT molecular complexity index is 2120. The summed E-state index contributed by atoms with van der Waals surface area (Å²) in [5, 5.41) is 0. The quantitative estimate of drug-likeness (QED) is 0.0440. The van der Waals surface area contributed by atoms with E-state index in [1.54, 1.807) is 92.0 Å². The molecule has 0 spiro atoms. The van der Waals surface area contributed by atoms with E-state index in [1.807, 2.05) is 48.5 Å². The number of methoxy groups -OCH3 is 2. The monoisotopic (exact) mass is 724 g/mol. The maximum atomic E-state index is 13.7. The van der Waals surface area contributed by atoms with E-state index in [9.17, 15) is 14.4 Å². The average Bonchev–Trinajstić information content (AvgIpc) is 3.23. The number of esters is 3. The van der Waals surface area contributed by atoms with Crippen molar-refractivity contribution in [1.29, 1.82) is 0 Å². The van der Waals surface area contributed by atoms with Gasteiger partial charge < -0.3 is 28.6 Å². The molecule has 2 atom stereocenters. The molecule has 0 unspecified atom stereocenters. The minimum atomic E-state index is -1.04. The number of benzene rings is 6. The number of carbonyl (C=O) groups is 3. The largest absolute Gasteiger partial charge is 0.497 e. The second kappa shape index (κ2) is 18.0. The molecule has 6 rings (SSSR count). The fraction of sp³-hybridized carbons (Fsp3) is 0.114. The van der Waals surface area contributed by atoms with Crippen molar-refractivity contribution >= 4 is 17.9 Å². The molecule has 0 aromatic heterocycles. The van der Waals surface area contributed by atoms with Gasteiger partial charge in [0.15, 0.2) is 18.0 Å². The van der Waals surface area contributed by atoms with Gasteiger partial charge in [0.1, 0.15) is 23.9 Å². The first-order chi connectivity index (χ1) is 26.4. The molecule has 0 aliphatic rings. The molecule has 0 amide bonds. The van der Waals surface area contributed by atoms with Gasteiger partial charge in [0.2, 0.25) is 0 Å². The molecule has 0 bridgehead atoms. The van der Waals surface area contributed by atoms with Crippen LogP contribution in [-0.2, 0) is 21.0 Å². The summed E-state index contributed by atoms with van der Waals surface area (Å²) in [5.74, 6) is 0.0905. The number of rotatable bonds is 15. The minimum Gasteiger partial charge on any atom is -0.497 e. The highest BCUT2D eigenvalue weighted by Gasteiger charge is 2.33. The predicted molar refractivity (Wildman–Crippen MR) is 198 cm³/mol. The minimum absolute atomic E-state index is 0.197. The van der Waals surface area contributed by atoms with Crippen LogP contribution in [-0.4, -0.2) is 32.1 Å². The lowest BCUT2D eigenvalue weighted by Crippen LogP contribution is -2.23. The third-order valence-electron chi connectivity index (χ3n) is 8.26. The predicted octanol–water partition coefficient (Wildman–Crippen LogP) is 8.93. The van der Waals surface area contributed by atoms with Crippen molar-refractivity contribution in [2.24, 2.45) is 0 Å². The van der Waals surface area contributed by atoms with Gasteiger partial charge >= 0.3 is 17.9 Å². The van der Waals surface area contributed by atoms with Crippen molar-refractivity contribution < 1.29 is 47.8 Å². The molecule has 272 valence electrons. The van der Waals surface area contributed by atoms with E-state index in [0.717, 1.165) is 11.3 Å². The smallest absolute Gasteiger partial charge is 0.343 e. The van der Waals surface area contributed by atoms with Crippen molar-refractivity contribution in [1.82, 2.24) is 0 Å². The zero-order valence-electron chi connectivity index (χ0n) is 29.5. The highest BCUT2D eigenvalue weighted by atomic mass is 17.2. The van der Waals surface area contributed by atoms with Crippen molar-refractivity contribution in [3.05, 3.63) is 191 Å². The SMILES string of the molecule is COc1ccc(COOc2ccc(C(=O)O[C@H](c3ccccc3)[C@H](OC(=O)c3ccc(OC(=O)c4ccc(OC)cc4)cc3)c3ccccc3)cc2)cc1. The van der Waals surface area contributed by atoms with Crippen LogP contribution in [0.1, 0.15) is 60.0 Å². The van der Waals surface area contributed by atoms with Crippen molar-refractivity contribution in [3.8, 4) is 23.0 Å². The first-order valence-electron chi connectivity index (χ1n) is 16.9. The van der Waals surface area contributed by atoms with Crippen molar-refractivity contribution in [2.75, 3.05) is 14.2 Å². The molecule has 6 aromatic rings. The van der Waals surface area contributed by atoms with Gasteiger partial charge in [0, 0.05) is 0 Å². The summed E-state index contributed by atoms with van der Waals surface area (Å²) in [6.07, 6.45) is -2.06. The van der Waals surface area contributed by atoms with Gasteiger partial charge in [-0.05, 0) is 102 Å². The van der Waals surface area contributed by atoms with Crippen LogP contribution in [0.3, 0.4) is 0 Å². The van der Waals surface area contributed by atoms with Gasteiger partial charge in [-0.2, -0.15) is 4.89 Å². The van der Waals surface area contributed by atoms with Gasteiger partial charge in [-0.3, -0.25) is 0 Å². The molecule has 0 fully saturated rings. The molecule has 0 N–H and O–H groups in total. The number of carbonyl (C=O) groups excluding carboxylic acids is 3. The lowest BCUT2D eigenvalue weighted by atomic mass is 9.97. The molecule has 0 saturated carbocycles. The lowest BCUT2D eigenvalue weighted by Gasteiger charge is -2.28. The second-order valence-corrected chi connectivity index (χ2v) is 11.8. The van der Waals surface area contributed by atoms with Crippen LogP contribution in [0.4, 0.5) is 0 Å². The average molecular weight is 725 g/mol. The van der Waals surface area contributed by atoms with Crippen LogP contribution in [0.5, 0.6) is 23.0 Å². The zero-order valence-corrected chi connectivity index (χ0v) is 29.5. The van der Waals surface area contributed by atoms with E-state index < -0.39 is 30.1 Å². The molecule has 0 radical (unpaired) electrons. The highest BCUT2D eigenvalue weighted by molar-refractivity contribution is 5.92. The fourth-order valence-electron chi connectivity index (χ4n) is 5.35. The third kappa shape index (κ3) is 9.69. The normalized spacial score (nSPS) is 11.7. The summed E-state index contributed by atoms with van der Waals surface area (Å²) in [7, 11) is 3.14. The van der Waals surface area contributed by atoms with E-state index >= 15 is 0 Å². The highest BCUT2D eigenvalue weighted by Crippen LogP contribution is 2.37. The zero-order chi connectivity index (χ0) is 37.7. The van der Waals surface area contributed by atoms with Gasteiger partial charge in [-0.25, -0.2) is 14.4 Å². The molecule has 6 aromatic carbocycles. The van der Waals surface area contributed by atoms with Crippen LogP contribution < -0.4 is 19.1 Å². The Morgan fingerprint density at radius 2 is 0.833 bits per heavy atom. The Morgan fingerprint density at radius 1 is 0.444 bits per heavy atom. The molecule has 0 aliphatic carbocycles. The van der Waals surface area contributed by atoms with Crippen LogP contribution in [0, 0.1) is 0 Å². The summed E-state index contributed by atoms with van der Waals surface area (Å²) in [4.78, 5) is 50.8. The van der Waals surface area contributed by atoms with Gasteiger partial charge in [-0.15, -0.1) is 0 Å². The Hall–Kier alpha value is -6.91. The molecular weight excluding hydrogens is 688 g/mol. The van der Waals surface area contributed by atoms with E-state index in [1.165, 1.54) is 31.4 Å². The van der Waals surface area contributed by atoms with Gasteiger partial charge in [-0.1, -0.05) is 72.8 Å². The first-order valence-corrected chi connectivity index (χ1v) is 16.9. The third-order valence-corrected chi connectivity index (χ3v) is 8.26. The number of hydrogen-bond acceptors (Lipinski definition) is 10. The standard InChI is InChI=1S/C44H36O10/c1-48-36-21-13-30(14-22-36)29-50-54-39-27-19-35(20-28-39)44(47)53-41(32-11-7-4-8-12-32)40(31-9-5-3-6-10-31)52-43(46)34-17-25-38(26-18-34)51-42(45)33-15-23-37(49-2)24-16-33/h3-28,40-41H,29H2,1-2H3/t40-,41-/m1/s1. The molecular formula is C44H36O10. The second-order valence-electron chi connectivity index (χ2n) is 11.8. The Kier molecular flexibility index (Phi) is 12.3. The molecule has 10 nitrogen and oxygen atoms in total. The Balaban J connectivity index is 1.15. The van der Waals surface area contributed by atoms with Gasteiger partial charge in [0.05, 0.1) is 30.9 Å². The molecule has 0 aliphatic heterocycles. The van der Waals surface area contributed by atoms with Gasteiger partial charge in [0.25, 0.3) is 0 Å². The lowest BCUT2D eigenvalue weighted by molar-refractivity contribution is -0.217. The maximum absolute atomic E-state index is 13.7. The summed E-state index contributed by atoms with van der Waals surface area (Å²) >= 11 is 0. The number of ether oxygens (including phenoxy) is 5. The van der Waals surface area contributed by atoms with Crippen molar-refractivity contribution in [3.63, 3.8) is 0 Å². The maximum Gasteiger partial charge on any atom is 0.343 e. The Labute approximate surface area is 312 Å². The summed E-state index contributed by atoms with van der Waals surface area (Å²) in [6.45, 7) is 0.203. The summed E-state index contributed by atoms with van der Waals surface area (Å²) in [6, 6.07) is 44.3. The summed E-state index contributed by atoms with van der Waals surface area (Å²) < 4.78 is 28.0. The van der Waals surface area contributed by atoms with Crippen LogP contribution >= 0.6 is 0 Å². The molecule has 0 heterocycles. The van der Waals surface area contributed by atoms with E-state index in [-0.39, 0.29) is 23.5 Å². The fourth-order valence-corrected chi connectivity index (χ4v) is 5.35. The van der Waals surface area contributed by atoms with Crippen LogP contribution in [0.25, 0.3) is 0 Å². The van der Waals surface area contributed by atoms with Crippen LogP contribution in [0.2, 0.25) is 0 Å². The number of hydrogen-bond donors (Lipinski definition) is 0. The van der Waals surface area contributed by atoms with Crippen LogP contribution in [0.15, 0.2) is 158 Å². The van der Waals surface area contributed by atoms with E-state index in [4.69, 9.17) is 33.5 Å². The van der Waals surface area contributed by atoms with E-state index in [0.29, 0.717) is 28.2 Å². The molecule has 54 heavy (non-hydrogen) atoms. The van der Waals surface area contributed by atoms with E-state index in [2.05, 4.69) is 0 Å². The molecule has 0 saturated heterocycles. The van der Waals surface area contributed by atoms with Crippen molar-refractivity contribution in [2.45, 2.75) is 18.8 Å². The topological polar surface area (TPSA) is 116 Å². The Morgan fingerprint density at radius 3 is 1.28 bits per heavy atom. The summed E-state index contributed by atoms with van der Waals surface area (Å²) in [5.41, 5.74) is 2.89. The first kappa shape index (κ1) is 36.9.